The van der Waals surface area contributed by atoms with Gasteiger partial charge in [-0.3, -0.25) is 4.79 Å². The van der Waals surface area contributed by atoms with Crippen LogP contribution in [0.1, 0.15) is 42.6 Å². The number of aromatic nitrogens is 3. The topological polar surface area (TPSA) is 74.8 Å². The third kappa shape index (κ3) is 5.25. The molecule has 38 heavy (non-hydrogen) atoms. The number of nitrogens with zero attached hydrogens (tertiary/aromatic N) is 5. The van der Waals surface area contributed by atoms with E-state index in [1.807, 2.05) is 48.1 Å². The summed E-state index contributed by atoms with van der Waals surface area (Å²) in [5.74, 6) is -1.09. The number of benzene rings is 2. The summed E-state index contributed by atoms with van der Waals surface area (Å²) in [6.45, 7) is 0.456. The number of halogens is 3. The first-order valence-electron chi connectivity index (χ1n) is 12.5. The fourth-order valence-electron chi connectivity index (χ4n) is 5.05. The second kappa shape index (κ2) is 10.3. The Morgan fingerprint density at radius 3 is 2.63 bits per heavy atom. The Morgan fingerprint density at radius 2 is 1.89 bits per heavy atom. The molecule has 6 nitrogen and oxygen atoms in total. The van der Waals surface area contributed by atoms with Gasteiger partial charge in [0.15, 0.2) is 5.78 Å². The number of rotatable bonds is 7. The van der Waals surface area contributed by atoms with Gasteiger partial charge in [0.2, 0.25) is 5.82 Å². The molecule has 0 amide bonds. The number of nitriles is 1. The number of carbonyl (C=O) groups is 1. The quantitative estimate of drug-likeness (QED) is 0.297. The van der Waals surface area contributed by atoms with Crippen LogP contribution in [0, 0.1) is 11.3 Å². The van der Waals surface area contributed by atoms with E-state index in [1.165, 1.54) is 0 Å². The van der Waals surface area contributed by atoms with Gasteiger partial charge in [-0.25, -0.2) is 9.97 Å². The van der Waals surface area contributed by atoms with Crippen molar-refractivity contribution in [1.29, 1.82) is 5.26 Å². The zero-order valence-corrected chi connectivity index (χ0v) is 20.9. The SMILES string of the molecule is Cn1ccc2cc(-c3cc(N4CCC[C@H]4C(=O)CCCc4ccc(C#N)cc4)nc(C(F)(F)F)n3)ccc21. The lowest BCUT2D eigenvalue weighted by molar-refractivity contribution is -0.144. The van der Waals surface area contributed by atoms with Gasteiger partial charge in [-0.2, -0.15) is 18.4 Å². The number of hydrogen-bond donors (Lipinski definition) is 0. The number of carbonyl (C=O) groups excluding carboxylic acids is 1. The van der Waals surface area contributed by atoms with Crippen LogP contribution in [0.25, 0.3) is 22.2 Å². The minimum atomic E-state index is -4.72. The average Bonchev–Trinajstić information content (AvgIpc) is 3.55. The molecule has 2 aromatic heterocycles. The highest BCUT2D eigenvalue weighted by Crippen LogP contribution is 2.34. The van der Waals surface area contributed by atoms with E-state index in [-0.39, 0.29) is 17.3 Å². The van der Waals surface area contributed by atoms with Crippen molar-refractivity contribution in [1.82, 2.24) is 14.5 Å². The van der Waals surface area contributed by atoms with Crippen LogP contribution in [0.15, 0.2) is 60.8 Å². The summed E-state index contributed by atoms with van der Waals surface area (Å²) < 4.78 is 43.4. The third-order valence-corrected chi connectivity index (χ3v) is 7.04. The van der Waals surface area contributed by atoms with Crippen LogP contribution in [-0.2, 0) is 24.4 Å². The van der Waals surface area contributed by atoms with Gasteiger partial charge in [-0.05, 0) is 61.6 Å². The standard InChI is InChI=1S/C29H26F3N5O/c1-36-15-13-22-16-21(11-12-24(22)36)23-17-27(35-28(34-23)29(30,31)32)37-14-3-5-25(37)26(38)6-2-4-19-7-9-20(18-33)10-8-19/h7-13,15-17,25H,2-6,14H2,1H3/t25-/m0/s1. The number of anilines is 1. The van der Waals surface area contributed by atoms with Crippen molar-refractivity contribution in [3.05, 3.63) is 77.7 Å². The number of fused-ring (bicyclic) bond motifs is 1. The summed E-state index contributed by atoms with van der Waals surface area (Å²) in [6.07, 6.45) is 0.0622. The molecule has 9 heteroatoms. The molecule has 2 aromatic carbocycles. The third-order valence-electron chi connectivity index (χ3n) is 7.04. The lowest BCUT2D eigenvalue weighted by Gasteiger charge is -2.26. The van der Waals surface area contributed by atoms with Gasteiger partial charge in [-0.1, -0.05) is 18.2 Å². The Kier molecular flexibility index (Phi) is 6.89. The molecule has 3 heterocycles. The molecule has 5 rings (SSSR count). The van der Waals surface area contributed by atoms with Crippen LogP contribution in [0.5, 0.6) is 0 Å². The van der Waals surface area contributed by atoms with Crippen molar-refractivity contribution in [3.8, 4) is 17.3 Å². The maximum atomic E-state index is 13.8. The zero-order chi connectivity index (χ0) is 26.9. The molecular formula is C29H26F3N5O. The van der Waals surface area contributed by atoms with Crippen LogP contribution in [0.4, 0.5) is 19.0 Å². The summed E-state index contributed by atoms with van der Waals surface area (Å²) in [5.41, 5.74) is 3.31. The summed E-state index contributed by atoms with van der Waals surface area (Å²) in [6, 6.07) is 17.7. The maximum absolute atomic E-state index is 13.8. The predicted molar refractivity (Wildman–Crippen MR) is 138 cm³/mol. The lowest BCUT2D eigenvalue weighted by Crippen LogP contribution is -2.37. The largest absolute Gasteiger partial charge is 0.451 e. The van der Waals surface area contributed by atoms with Crippen LogP contribution in [0.2, 0.25) is 0 Å². The fraction of sp³-hybridized carbons (Fsp3) is 0.310. The Morgan fingerprint density at radius 1 is 1.11 bits per heavy atom. The first-order chi connectivity index (χ1) is 18.2. The highest BCUT2D eigenvalue weighted by molar-refractivity contribution is 5.88. The van der Waals surface area contributed by atoms with Crippen molar-refractivity contribution in [2.24, 2.45) is 7.05 Å². The Labute approximate surface area is 218 Å². The van der Waals surface area contributed by atoms with Crippen LogP contribution in [0.3, 0.4) is 0 Å². The van der Waals surface area contributed by atoms with Gasteiger partial charge in [-0.15, -0.1) is 0 Å². The number of alkyl halides is 3. The summed E-state index contributed by atoms with van der Waals surface area (Å²) in [7, 11) is 1.90. The molecular weight excluding hydrogens is 491 g/mol. The number of aryl methyl sites for hydroxylation is 2. The zero-order valence-electron chi connectivity index (χ0n) is 20.9. The molecule has 0 N–H and O–H groups in total. The molecule has 1 saturated heterocycles. The van der Waals surface area contributed by atoms with Crippen molar-refractivity contribution in [2.45, 2.75) is 44.3 Å². The second-order valence-electron chi connectivity index (χ2n) is 9.61. The molecule has 0 unspecified atom stereocenters. The molecule has 0 aliphatic carbocycles. The molecule has 0 radical (unpaired) electrons. The Hall–Kier alpha value is -4.19. The van der Waals surface area contributed by atoms with Crippen molar-refractivity contribution >= 4 is 22.5 Å². The molecule has 1 fully saturated rings. The number of hydrogen-bond acceptors (Lipinski definition) is 5. The minimum Gasteiger partial charge on any atom is -0.351 e. The van der Waals surface area contributed by atoms with E-state index >= 15 is 0 Å². The van der Waals surface area contributed by atoms with E-state index in [9.17, 15) is 18.0 Å². The number of Topliss-reactive ketones (excluding diaryl/α,β-unsaturated/α-hetero) is 1. The van der Waals surface area contributed by atoms with E-state index in [0.717, 1.165) is 16.5 Å². The minimum absolute atomic E-state index is 0.00410. The van der Waals surface area contributed by atoms with Gasteiger partial charge in [0.05, 0.1) is 23.4 Å². The predicted octanol–water partition coefficient (Wildman–Crippen LogP) is 6.09. The first kappa shape index (κ1) is 25.5. The van der Waals surface area contributed by atoms with Gasteiger partial charge in [0.1, 0.15) is 5.82 Å². The van der Waals surface area contributed by atoms with Gasteiger partial charge >= 0.3 is 6.18 Å². The first-order valence-corrected chi connectivity index (χ1v) is 12.5. The van der Waals surface area contributed by atoms with Crippen molar-refractivity contribution in [2.75, 3.05) is 11.4 Å². The normalized spacial score (nSPS) is 15.7. The van der Waals surface area contributed by atoms with Gasteiger partial charge in [0, 0.05) is 48.7 Å². The molecule has 4 aromatic rings. The molecule has 194 valence electrons. The molecule has 0 spiro atoms. The van der Waals surface area contributed by atoms with Gasteiger partial charge in [0.25, 0.3) is 0 Å². The summed E-state index contributed by atoms with van der Waals surface area (Å²) >= 11 is 0. The van der Waals surface area contributed by atoms with E-state index in [0.29, 0.717) is 49.8 Å². The highest BCUT2D eigenvalue weighted by atomic mass is 19.4. The van der Waals surface area contributed by atoms with E-state index in [1.54, 1.807) is 29.2 Å². The monoisotopic (exact) mass is 517 g/mol. The van der Waals surface area contributed by atoms with Gasteiger partial charge < -0.3 is 9.47 Å². The van der Waals surface area contributed by atoms with E-state index in [4.69, 9.17) is 5.26 Å². The molecule has 0 bridgehead atoms. The van der Waals surface area contributed by atoms with Crippen LogP contribution in [-0.4, -0.2) is 32.9 Å². The maximum Gasteiger partial charge on any atom is 0.451 e. The summed E-state index contributed by atoms with van der Waals surface area (Å²) in [5, 5.41) is 9.83. The van der Waals surface area contributed by atoms with Crippen LogP contribution >= 0.6 is 0 Å². The average molecular weight is 518 g/mol. The smallest absolute Gasteiger partial charge is 0.351 e. The second-order valence-corrected chi connectivity index (χ2v) is 9.61. The van der Waals surface area contributed by atoms with E-state index < -0.39 is 18.0 Å². The Balaban J connectivity index is 1.38. The van der Waals surface area contributed by atoms with Crippen LogP contribution < -0.4 is 4.90 Å². The fourth-order valence-corrected chi connectivity index (χ4v) is 5.05. The lowest BCUT2D eigenvalue weighted by atomic mass is 10.0. The van der Waals surface area contributed by atoms with Crippen molar-refractivity contribution in [3.63, 3.8) is 0 Å². The van der Waals surface area contributed by atoms with Crippen molar-refractivity contribution < 1.29 is 18.0 Å². The number of ketones is 1. The Bertz CT molecular complexity index is 1520. The molecule has 1 atom stereocenters. The van der Waals surface area contributed by atoms with E-state index in [2.05, 4.69) is 16.0 Å². The highest BCUT2D eigenvalue weighted by Gasteiger charge is 2.38. The summed E-state index contributed by atoms with van der Waals surface area (Å²) in [4.78, 5) is 22.6. The molecule has 0 saturated carbocycles. The molecule has 1 aliphatic rings. The molecule has 1 aliphatic heterocycles.